The quantitative estimate of drug-likeness (QED) is 0.229. The number of aryl methyl sites for hydroxylation is 1. The van der Waals surface area contributed by atoms with Gasteiger partial charge in [0, 0.05) is 12.6 Å². The lowest BCUT2D eigenvalue weighted by molar-refractivity contribution is -0.124. The van der Waals surface area contributed by atoms with E-state index in [1.807, 2.05) is 37.3 Å². The summed E-state index contributed by atoms with van der Waals surface area (Å²) in [6, 6.07) is 23.3. The maximum absolute atomic E-state index is 13.4. The Balaban J connectivity index is 1.30. The second kappa shape index (κ2) is 15.3. The van der Waals surface area contributed by atoms with E-state index in [2.05, 4.69) is 15.8 Å². The van der Waals surface area contributed by atoms with Gasteiger partial charge in [0.2, 0.25) is 10.0 Å². The molecular formula is C32H38N4O5S. The molecule has 0 radical (unpaired) electrons. The lowest BCUT2D eigenvalue weighted by atomic mass is 9.95. The Bertz CT molecular complexity index is 1440. The summed E-state index contributed by atoms with van der Waals surface area (Å²) in [6.07, 6.45) is 7.47. The summed E-state index contributed by atoms with van der Waals surface area (Å²) in [4.78, 5) is 25.0. The molecule has 0 heterocycles. The Hall–Kier alpha value is -4.02. The van der Waals surface area contributed by atoms with Crippen LogP contribution in [0.5, 0.6) is 5.75 Å². The van der Waals surface area contributed by atoms with Crippen LogP contribution in [0.3, 0.4) is 0 Å². The highest BCUT2D eigenvalue weighted by Crippen LogP contribution is 2.18. The van der Waals surface area contributed by atoms with Gasteiger partial charge in [0.05, 0.1) is 17.7 Å². The molecule has 0 saturated heterocycles. The molecule has 9 nitrogen and oxygen atoms in total. The first-order valence-corrected chi connectivity index (χ1v) is 15.7. The van der Waals surface area contributed by atoms with E-state index < -0.39 is 15.9 Å². The lowest BCUT2D eigenvalue weighted by Gasteiger charge is -2.22. The minimum atomic E-state index is -3.91. The van der Waals surface area contributed by atoms with Gasteiger partial charge in [-0.1, -0.05) is 67.3 Å². The number of sulfonamides is 1. The first-order valence-electron chi connectivity index (χ1n) is 14.2. The molecule has 0 aliphatic heterocycles. The molecule has 3 aromatic rings. The zero-order valence-electron chi connectivity index (χ0n) is 23.9. The number of carbonyl (C=O) groups is 2. The van der Waals surface area contributed by atoms with Gasteiger partial charge >= 0.3 is 0 Å². The van der Waals surface area contributed by atoms with Crippen molar-refractivity contribution >= 4 is 28.1 Å². The Morgan fingerprint density at radius 3 is 2.31 bits per heavy atom. The highest BCUT2D eigenvalue weighted by Gasteiger charge is 2.26. The van der Waals surface area contributed by atoms with Gasteiger partial charge < -0.3 is 10.1 Å². The van der Waals surface area contributed by atoms with E-state index >= 15 is 0 Å². The van der Waals surface area contributed by atoms with Crippen molar-refractivity contribution in [1.82, 2.24) is 15.0 Å². The molecule has 222 valence electrons. The van der Waals surface area contributed by atoms with Gasteiger partial charge in [-0.05, 0) is 73.7 Å². The smallest absolute Gasteiger partial charge is 0.258 e. The van der Waals surface area contributed by atoms with Crippen LogP contribution in [0.1, 0.15) is 48.8 Å². The summed E-state index contributed by atoms with van der Waals surface area (Å²) < 4.78 is 33.6. The molecule has 0 spiro atoms. The molecule has 0 unspecified atom stereocenters. The average molecular weight is 591 g/mol. The van der Waals surface area contributed by atoms with E-state index in [4.69, 9.17) is 4.74 Å². The largest absolute Gasteiger partial charge is 0.484 e. The molecule has 4 rings (SSSR count). The number of nitrogens with one attached hydrogen (secondary N) is 2. The van der Waals surface area contributed by atoms with Crippen LogP contribution < -0.4 is 15.5 Å². The van der Waals surface area contributed by atoms with Crippen molar-refractivity contribution in [2.75, 3.05) is 19.7 Å². The number of rotatable bonds is 13. The van der Waals surface area contributed by atoms with Gasteiger partial charge in [0.15, 0.2) is 6.61 Å². The zero-order chi connectivity index (χ0) is 29.8. The number of hydrogen-bond acceptors (Lipinski definition) is 6. The van der Waals surface area contributed by atoms with E-state index in [0.717, 1.165) is 36.8 Å². The van der Waals surface area contributed by atoms with Gasteiger partial charge in [-0.25, -0.2) is 13.8 Å². The number of nitrogens with zero attached hydrogens (tertiary/aromatic N) is 2. The third-order valence-electron chi connectivity index (χ3n) is 7.09. The average Bonchev–Trinajstić information content (AvgIpc) is 3.00. The fourth-order valence-corrected chi connectivity index (χ4v) is 6.13. The molecule has 1 aliphatic rings. The molecule has 2 N–H and O–H groups in total. The number of hydrazone groups is 1. The molecule has 0 aromatic heterocycles. The Morgan fingerprint density at radius 2 is 1.62 bits per heavy atom. The Labute approximate surface area is 248 Å². The van der Waals surface area contributed by atoms with Crippen LogP contribution in [-0.4, -0.2) is 56.5 Å². The van der Waals surface area contributed by atoms with Crippen LogP contribution in [0, 0.1) is 6.92 Å². The van der Waals surface area contributed by atoms with Gasteiger partial charge in [-0.15, -0.1) is 0 Å². The number of benzene rings is 3. The summed E-state index contributed by atoms with van der Waals surface area (Å²) in [7, 11) is -3.91. The van der Waals surface area contributed by atoms with Crippen molar-refractivity contribution < 1.29 is 22.7 Å². The fraction of sp³-hybridized carbons (Fsp3) is 0.344. The monoisotopic (exact) mass is 590 g/mol. The molecule has 42 heavy (non-hydrogen) atoms. The van der Waals surface area contributed by atoms with Crippen molar-refractivity contribution in [2.24, 2.45) is 5.10 Å². The van der Waals surface area contributed by atoms with Gasteiger partial charge in [-0.2, -0.15) is 9.41 Å². The second-order valence-corrected chi connectivity index (χ2v) is 12.4. The van der Waals surface area contributed by atoms with E-state index in [0.29, 0.717) is 17.7 Å². The second-order valence-electron chi connectivity index (χ2n) is 10.4. The molecule has 2 amide bonds. The van der Waals surface area contributed by atoms with Crippen LogP contribution >= 0.6 is 0 Å². The first kappa shape index (κ1) is 30.9. The normalized spacial score (nSPS) is 14.1. The van der Waals surface area contributed by atoms with Crippen molar-refractivity contribution in [3.8, 4) is 5.75 Å². The zero-order valence-corrected chi connectivity index (χ0v) is 24.7. The van der Waals surface area contributed by atoms with E-state index in [1.54, 1.807) is 48.5 Å². The molecule has 0 atom stereocenters. The van der Waals surface area contributed by atoms with E-state index in [-0.39, 0.29) is 36.5 Å². The molecule has 3 aromatic carbocycles. The maximum atomic E-state index is 13.4. The van der Waals surface area contributed by atoms with Crippen molar-refractivity contribution in [3.63, 3.8) is 0 Å². The Morgan fingerprint density at radius 1 is 0.929 bits per heavy atom. The minimum absolute atomic E-state index is 0.0493. The third-order valence-corrected chi connectivity index (χ3v) is 8.95. The van der Waals surface area contributed by atoms with Crippen LogP contribution in [0.2, 0.25) is 0 Å². The Kier molecular flexibility index (Phi) is 11.2. The lowest BCUT2D eigenvalue weighted by Crippen LogP contribution is -2.40. The number of ether oxygens (including phenoxy) is 1. The van der Waals surface area contributed by atoms with Crippen molar-refractivity contribution in [3.05, 3.63) is 95.6 Å². The summed E-state index contributed by atoms with van der Waals surface area (Å²) in [5.41, 5.74) is 5.03. The van der Waals surface area contributed by atoms with Gasteiger partial charge in [0.1, 0.15) is 5.75 Å². The predicted molar refractivity (Wildman–Crippen MR) is 163 cm³/mol. The number of carbonyl (C=O) groups excluding carboxylic acids is 2. The summed E-state index contributed by atoms with van der Waals surface area (Å²) in [6.45, 7) is 1.59. The molecule has 1 saturated carbocycles. The number of hydrogen-bond donors (Lipinski definition) is 2. The topological polar surface area (TPSA) is 117 Å². The maximum Gasteiger partial charge on any atom is 0.258 e. The van der Waals surface area contributed by atoms with Crippen LogP contribution in [0.25, 0.3) is 0 Å². The minimum Gasteiger partial charge on any atom is -0.484 e. The molecule has 1 aliphatic carbocycles. The molecule has 10 heteroatoms. The van der Waals surface area contributed by atoms with Crippen molar-refractivity contribution in [1.29, 1.82) is 0 Å². The third kappa shape index (κ3) is 9.53. The highest BCUT2D eigenvalue weighted by atomic mass is 32.2. The van der Waals surface area contributed by atoms with Gasteiger partial charge in [-0.3, -0.25) is 9.59 Å². The van der Waals surface area contributed by atoms with Crippen molar-refractivity contribution in [2.45, 2.75) is 56.4 Å². The van der Waals surface area contributed by atoms with Gasteiger partial charge in [0.25, 0.3) is 11.8 Å². The van der Waals surface area contributed by atoms with E-state index in [1.165, 1.54) is 16.9 Å². The van der Waals surface area contributed by atoms with E-state index in [9.17, 15) is 18.0 Å². The molecule has 0 bridgehead atoms. The highest BCUT2D eigenvalue weighted by molar-refractivity contribution is 7.89. The molecular weight excluding hydrogens is 552 g/mol. The van der Waals surface area contributed by atoms with Crippen LogP contribution in [-0.2, 0) is 26.0 Å². The SMILES string of the molecule is Cc1ccc(S(=O)(=O)N(CCc2ccccc2)CC(=O)N/N=C\c2ccc(OCC(=O)NC3CCCCC3)cc2)cc1. The standard InChI is InChI=1S/C32H38N4O5S/c1-25-12-18-30(19-13-25)42(39,40)36(21-20-26-8-4-2-5-9-26)23-31(37)35-33-22-27-14-16-29(17-15-27)41-24-32(38)34-28-10-6-3-7-11-28/h2,4-5,8-9,12-19,22,28H,3,6-7,10-11,20-21,23-24H2,1H3,(H,34,38)(H,35,37)/b33-22-. The van der Waals surface area contributed by atoms with Crippen LogP contribution in [0.15, 0.2) is 88.9 Å². The first-order chi connectivity index (χ1) is 20.3. The van der Waals surface area contributed by atoms with Crippen LogP contribution in [0.4, 0.5) is 0 Å². The fourth-order valence-electron chi connectivity index (χ4n) is 4.73. The number of amides is 2. The summed E-state index contributed by atoms with van der Waals surface area (Å²) in [5.74, 6) is -0.137. The summed E-state index contributed by atoms with van der Waals surface area (Å²) in [5, 5.41) is 7.02. The molecule has 1 fully saturated rings. The summed E-state index contributed by atoms with van der Waals surface area (Å²) >= 11 is 0. The predicted octanol–water partition coefficient (Wildman–Crippen LogP) is 4.21.